The minimum absolute atomic E-state index is 0.00363. The van der Waals surface area contributed by atoms with Gasteiger partial charge in [0.15, 0.2) is 16.8 Å². The van der Waals surface area contributed by atoms with Crippen LogP contribution >= 0.6 is 34.7 Å². The molecule has 0 aliphatic rings. The number of aromatic nitrogens is 3. The number of nitrogens with zero attached hydrogens (tertiary/aromatic N) is 3. The van der Waals surface area contributed by atoms with Gasteiger partial charge < -0.3 is 4.74 Å². The number of carbonyl (C=O) groups is 1. The summed E-state index contributed by atoms with van der Waals surface area (Å²) >= 11 is 8.89. The summed E-state index contributed by atoms with van der Waals surface area (Å²) in [6, 6.07) is 18.6. The highest BCUT2D eigenvalue weighted by Gasteiger charge is 2.24. The highest BCUT2D eigenvalue weighted by Crippen LogP contribution is 2.35. The topological polar surface area (TPSA) is 57.0 Å². The SMILES string of the molecule is COc1ccccc1-n1c(SC(C)C(=O)c2ccc(Cl)cc2)nnc1-c1cccs1. The standard InChI is InChI=1S/C22H18ClN3O2S2/c1-14(20(27)15-9-11-16(23)12-10-15)30-22-25-24-21(19-8-5-13-29-19)26(22)17-6-3-4-7-18(17)28-2/h3-14H,1-2H3. The number of thiophene rings is 1. The minimum Gasteiger partial charge on any atom is -0.495 e. The van der Waals surface area contributed by atoms with Gasteiger partial charge in [-0.05, 0) is 54.8 Å². The molecule has 0 bridgehead atoms. The van der Waals surface area contributed by atoms with Crippen LogP contribution in [0.1, 0.15) is 17.3 Å². The fourth-order valence-corrected chi connectivity index (χ4v) is 4.77. The summed E-state index contributed by atoms with van der Waals surface area (Å²) < 4.78 is 7.51. The predicted molar refractivity (Wildman–Crippen MR) is 122 cm³/mol. The first kappa shape index (κ1) is 20.7. The van der Waals surface area contributed by atoms with Crippen molar-refractivity contribution in [1.29, 1.82) is 0 Å². The molecule has 30 heavy (non-hydrogen) atoms. The van der Waals surface area contributed by atoms with Gasteiger partial charge in [-0.15, -0.1) is 21.5 Å². The molecule has 0 fully saturated rings. The van der Waals surface area contributed by atoms with Gasteiger partial charge in [0.25, 0.3) is 0 Å². The van der Waals surface area contributed by atoms with Gasteiger partial charge in [0.05, 0.1) is 22.9 Å². The fourth-order valence-electron chi connectivity index (χ4n) is 3.00. The molecule has 0 saturated heterocycles. The first-order valence-corrected chi connectivity index (χ1v) is 11.3. The second kappa shape index (κ2) is 9.04. The molecule has 0 spiro atoms. The van der Waals surface area contributed by atoms with Crippen LogP contribution in [0, 0.1) is 0 Å². The van der Waals surface area contributed by atoms with Crippen molar-refractivity contribution >= 4 is 40.5 Å². The van der Waals surface area contributed by atoms with E-state index in [9.17, 15) is 4.79 Å². The Kier molecular flexibility index (Phi) is 6.22. The molecule has 5 nitrogen and oxygen atoms in total. The lowest BCUT2D eigenvalue weighted by Crippen LogP contribution is -2.14. The summed E-state index contributed by atoms with van der Waals surface area (Å²) in [5, 5.41) is 11.7. The molecule has 2 aromatic carbocycles. The van der Waals surface area contributed by atoms with E-state index in [1.165, 1.54) is 11.8 Å². The number of Topliss-reactive ketones (excluding diaryl/α,β-unsaturated/α-hetero) is 1. The molecular formula is C22H18ClN3O2S2. The van der Waals surface area contributed by atoms with Crippen LogP contribution in [0.15, 0.2) is 71.2 Å². The third kappa shape index (κ3) is 4.14. The van der Waals surface area contributed by atoms with E-state index in [0.29, 0.717) is 27.3 Å². The average Bonchev–Trinajstić information content (AvgIpc) is 3.43. The summed E-state index contributed by atoms with van der Waals surface area (Å²) in [5.41, 5.74) is 1.43. The zero-order valence-electron chi connectivity index (χ0n) is 16.3. The van der Waals surface area contributed by atoms with Gasteiger partial charge in [0, 0.05) is 10.6 Å². The fraction of sp³-hybridized carbons (Fsp3) is 0.136. The maximum Gasteiger partial charge on any atom is 0.196 e. The first-order chi connectivity index (χ1) is 14.6. The number of para-hydroxylation sites is 2. The van der Waals surface area contributed by atoms with Crippen molar-refractivity contribution in [3.05, 3.63) is 76.6 Å². The Hall–Kier alpha value is -2.61. The molecule has 0 aliphatic carbocycles. The maximum atomic E-state index is 12.9. The Bertz CT molecular complexity index is 1160. The van der Waals surface area contributed by atoms with Crippen molar-refractivity contribution in [1.82, 2.24) is 14.8 Å². The smallest absolute Gasteiger partial charge is 0.196 e. The number of thioether (sulfide) groups is 1. The number of ketones is 1. The number of ether oxygens (including phenoxy) is 1. The van der Waals surface area contributed by atoms with E-state index < -0.39 is 0 Å². The Labute approximate surface area is 187 Å². The molecule has 0 aliphatic heterocycles. The van der Waals surface area contributed by atoms with E-state index in [-0.39, 0.29) is 11.0 Å². The normalized spacial score (nSPS) is 12.0. The van der Waals surface area contributed by atoms with Gasteiger partial charge >= 0.3 is 0 Å². The van der Waals surface area contributed by atoms with Gasteiger partial charge in [-0.25, -0.2) is 0 Å². The van der Waals surface area contributed by atoms with E-state index in [2.05, 4.69) is 10.2 Å². The summed E-state index contributed by atoms with van der Waals surface area (Å²) in [6.07, 6.45) is 0. The largest absolute Gasteiger partial charge is 0.495 e. The third-order valence-electron chi connectivity index (χ3n) is 4.48. The van der Waals surface area contributed by atoms with E-state index >= 15 is 0 Å². The minimum atomic E-state index is -0.361. The summed E-state index contributed by atoms with van der Waals surface area (Å²) in [7, 11) is 1.63. The van der Waals surface area contributed by atoms with Crippen LogP contribution in [-0.4, -0.2) is 32.9 Å². The molecule has 4 aromatic rings. The summed E-state index contributed by atoms with van der Waals surface area (Å²) in [4.78, 5) is 13.9. The highest BCUT2D eigenvalue weighted by molar-refractivity contribution is 8.00. The quantitative estimate of drug-likeness (QED) is 0.252. The van der Waals surface area contributed by atoms with E-state index in [1.54, 1.807) is 42.7 Å². The molecule has 1 unspecified atom stereocenters. The van der Waals surface area contributed by atoms with Crippen LogP contribution in [0.4, 0.5) is 0 Å². The van der Waals surface area contributed by atoms with Crippen LogP contribution in [0.3, 0.4) is 0 Å². The van der Waals surface area contributed by atoms with Crippen LogP contribution in [0.25, 0.3) is 16.4 Å². The van der Waals surface area contributed by atoms with Crippen LogP contribution in [0.5, 0.6) is 5.75 Å². The Balaban J connectivity index is 1.73. The molecule has 2 heterocycles. The number of hydrogen-bond donors (Lipinski definition) is 0. The summed E-state index contributed by atoms with van der Waals surface area (Å²) in [6.45, 7) is 1.87. The number of benzene rings is 2. The van der Waals surface area contributed by atoms with Gasteiger partial charge in [0.2, 0.25) is 0 Å². The number of carbonyl (C=O) groups excluding carboxylic acids is 1. The maximum absolute atomic E-state index is 12.9. The number of methoxy groups -OCH3 is 1. The first-order valence-electron chi connectivity index (χ1n) is 9.17. The molecule has 1 atom stereocenters. The molecule has 0 amide bonds. The lowest BCUT2D eigenvalue weighted by atomic mass is 10.1. The van der Waals surface area contributed by atoms with Crippen LogP contribution < -0.4 is 4.74 Å². The molecule has 0 N–H and O–H groups in total. The number of hydrogen-bond acceptors (Lipinski definition) is 6. The zero-order chi connectivity index (χ0) is 21.1. The van der Waals surface area contributed by atoms with Crippen molar-refractivity contribution in [3.63, 3.8) is 0 Å². The molecule has 152 valence electrons. The Morgan fingerprint density at radius 2 is 1.87 bits per heavy atom. The van der Waals surface area contributed by atoms with Crippen LogP contribution in [-0.2, 0) is 0 Å². The van der Waals surface area contributed by atoms with E-state index in [0.717, 1.165) is 10.6 Å². The Morgan fingerprint density at radius 1 is 1.10 bits per heavy atom. The van der Waals surface area contributed by atoms with E-state index in [4.69, 9.17) is 16.3 Å². The molecule has 8 heteroatoms. The molecule has 4 rings (SSSR count). The second-order valence-corrected chi connectivity index (χ2v) is 9.11. The summed E-state index contributed by atoms with van der Waals surface area (Å²) in [5.74, 6) is 1.42. The molecule has 0 saturated carbocycles. The zero-order valence-corrected chi connectivity index (χ0v) is 18.7. The van der Waals surface area contributed by atoms with Gasteiger partial charge in [-0.3, -0.25) is 9.36 Å². The lowest BCUT2D eigenvalue weighted by Gasteiger charge is -2.15. The highest BCUT2D eigenvalue weighted by atomic mass is 35.5. The average molecular weight is 456 g/mol. The van der Waals surface area contributed by atoms with Gasteiger partial charge in [0.1, 0.15) is 5.75 Å². The third-order valence-corrected chi connectivity index (χ3v) is 6.64. The monoisotopic (exact) mass is 455 g/mol. The lowest BCUT2D eigenvalue weighted by molar-refractivity contribution is 0.0994. The van der Waals surface area contributed by atoms with Crippen molar-refractivity contribution < 1.29 is 9.53 Å². The van der Waals surface area contributed by atoms with Gasteiger partial charge in [-0.1, -0.05) is 41.6 Å². The second-order valence-electron chi connectivity index (χ2n) is 6.42. The molecule has 2 aromatic heterocycles. The van der Waals surface area contributed by atoms with Crippen molar-refractivity contribution in [2.75, 3.05) is 7.11 Å². The van der Waals surface area contributed by atoms with Crippen molar-refractivity contribution in [2.45, 2.75) is 17.3 Å². The Morgan fingerprint density at radius 3 is 2.57 bits per heavy atom. The van der Waals surface area contributed by atoms with Crippen LogP contribution in [0.2, 0.25) is 5.02 Å². The van der Waals surface area contributed by atoms with Crippen molar-refractivity contribution in [2.24, 2.45) is 0 Å². The van der Waals surface area contributed by atoms with Gasteiger partial charge in [-0.2, -0.15) is 0 Å². The molecule has 0 radical (unpaired) electrons. The number of halogens is 1. The van der Waals surface area contributed by atoms with E-state index in [1.807, 2.05) is 53.3 Å². The number of rotatable bonds is 7. The predicted octanol–water partition coefficient (Wildman–Crippen LogP) is 6.02. The van der Waals surface area contributed by atoms with Crippen molar-refractivity contribution in [3.8, 4) is 22.1 Å². The molecular weight excluding hydrogens is 438 g/mol.